The Bertz CT molecular complexity index is 995. The number of amides is 1. The second-order valence-electron chi connectivity index (χ2n) is 6.74. The van der Waals surface area contributed by atoms with Crippen LogP contribution < -0.4 is 4.74 Å². The van der Waals surface area contributed by atoms with Crippen LogP contribution in [0.3, 0.4) is 0 Å². The Morgan fingerprint density at radius 2 is 1.61 bits per heavy atom. The number of carbonyl (C=O) groups excluding carboxylic acids is 2. The molecule has 0 atom stereocenters. The number of hydrogen-bond acceptors (Lipinski definition) is 4. The molecule has 5 nitrogen and oxygen atoms in total. The molecule has 0 aliphatic heterocycles. The predicted molar refractivity (Wildman–Crippen MR) is 108 cm³/mol. The van der Waals surface area contributed by atoms with Crippen molar-refractivity contribution in [3.63, 3.8) is 0 Å². The van der Waals surface area contributed by atoms with Gasteiger partial charge in [0.2, 0.25) is 0 Å². The van der Waals surface area contributed by atoms with Gasteiger partial charge in [0, 0.05) is 13.6 Å². The molecule has 0 aliphatic rings. The SMILES string of the molecule is COc1ccc2cc(CN(C)C(=O)COC(=O)c3ccc(C)cc3)ccc2c1. The van der Waals surface area contributed by atoms with Gasteiger partial charge >= 0.3 is 5.97 Å². The zero-order valence-electron chi connectivity index (χ0n) is 16.3. The van der Waals surface area contributed by atoms with Crippen LogP contribution in [0.1, 0.15) is 21.5 Å². The summed E-state index contributed by atoms with van der Waals surface area (Å²) in [7, 11) is 3.34. The molecule has 28 heavy (non-hydrogen) atoms. The third-order valence-electron chi connectivity index (χ3n) is 4.57. The summed E-state index contributed by atoms with van der Waals surface area (Å²) in [6, 6.07) is 18.9. The molecule has 0 fully saturated rings. The van der Waals surface area contributed by atoms with Crippen LogP contribution in [0.2, 0.25) is 0 Å². The molecular formula is C23H23NO4. The third kappa shape index (κ3) is 4.68. The predicted octanol–water partition coefficient (Wildman–Crippen LogP) is 3.97. The minimum absolute atomic E-state index is 0.254. The van der Waals surface area contributed by atoms with Gasteiger partial charge in [-0.25, -0.2) is 4.79 Å². The van der Waals surface area contributed by atoms with Gasteiger partial charge in [-0.1, -0.05) is 35.9 Å². The molecule has 0 aliphatic carbocycles. The summed E-state index contributed by atoms with van der Waals surface area (Å²) in [5.74, 6) is 0.0552. The molecule has 0 saturated carbocycles. The summed E-state index contributed by atoms with van der Waals surface area (Å²) in [6.45, 7) is 2.09. The molecule has 0 N–H and O–H groups in total. The van der Waals surface area contributed by atoms with Crippen molar-refractivity contribution in [2.75, 3.05) is 20.8 Å². The molecule has 3 rings (SSSR count). The number of carbonyl (C=O) groups is 2. The quantitative estimate of drug-likeness (QED) is 0.610. The molecule has 0 spiro atoms. The minimum atomic E-state index is -0.499. The van der Waals surface area contributed by atoms with Gasteiger partial charge < -0.3 is 14.4 Å². The first-order chi connectivity index (χ1) is 13.5. The smallest absolute Gasteiger partial charge is 0.338 e. The lowest BCUT2D eigenvalue weighted by atomic mass is 10.1. The summed E-state index contributed by atoms with van der Waals surface area (Å²) >= 11 is 0. The zero-order valence-corrected chi connectivity index (χ0v) is 16.3. The molecule has 3 aromatic rings. The van der Waals surface area contributed by atoms with E-state index in [2.05, 4.69) is 0 Å². The summed E-state index contributed by atoms with van der Waals surface area (Å²) in [6.07, 6.45) is 0. The highest BCUT2D eigenvalue weighted by Crippen LogP contribution is 2.22. The second kappa shape index (κ2) is 8.57. The highest BCUT2D eigenvalue weighted by Gasteiger charge is 2.14. The normalized spacial score (nSPS) is 10.5. The standard InChI is InChI=1S/C23H23NO4/c1-16-4-7-18(8-5-16)23(26)28-15-22(25)24(2)14-17-6-9-20-13-21(27-3)11-10-19(20)12-17/h4-13H,14-15H2,1-3H3. The number of methoxy groups -OCH3 is 1. The van der Waals surface area contributed by atoms with E-state index in [9.17, 15) is 9.59 Å². The van der Waals surface area contributed by atoms with E-state index in [1.807, 2.05) is 55.5 Å². The Balaban J connectivity index is 1.58. The van der Waals surface area contributed by atoms with Crippen molar-refractivity contribution >= 4 is 22.6 Å². The Morgan fingerprint density at radius 1 is 0.929 bits per heavy atom. The van der Waals surface area contributed by atoms with E-state index in [0.717, 1.165) is 27.6 Å². The number of esters is 1. The number of fused-ring (bicyclic) bond motifs is 1. The van der Waals surface area contributed by atoms with Crippen LogP contribution in [-0.4, -0.2) is 37.5 Å². The first-order valence-electron chi connectivity index (χ1n) is 9.01. The van der Waals surface area contributed by atoms with Gasteiger partial charge in [-0.2, -0.15) is 0 Å². The van der Waals surface area contributed by atoms with E-state index in [0.29, 0.717) is 12.1 Å². The average molecular weight is 377 g/mol. The highest BCUT2D eigenvalue weighted by molar-refractivity contribution is 5.91. The molecule has 0 heterocycles. The van der Waals surface area contributed by atoms with Crippen molar-refractivity contribution in [3.05, 3.63) is 77.4 Å². The first-order valence-corrected chi connectivity index (χ1v) is 9.01. The van der Waals surface area contributed by atoms with Gasteiger partial charge in [-0.15, -0.1) is 0 Å². The topological polar surface area (TPSA) is 55.8 Å². The highest BCUT2D eigenvalue weighted by atomic mass is 16.5. The largest absolute Gasteiger partial charge is 0.497 e. The second-order valence-corrected chi connectivity index (χ2v) is 6.74. The summed E-state index contributed by atoms with van der Waals surface area (Å²) < 4.78 is 10.4. The minimum Gasteiger partial charge on any atom is -0.497 e. The van der Waals surface area contributed by atoms with Gasteiger partial charge in [0.15, 0.2) is 6.61 Å². The fraction of sp³-hybridized carbons (Fsp3) is 0.217. The lowest BCUT2D eigenvalue weighted by Gasteiger charge is -2.17. The average Bonchev–Trinajstić information content (AvgIpc) is 2.71. The van der Waals surface area contributed by atoms with E-state index in [4.69, 9.17) is 9.47 Å². The van der Waals surface area contributed by atoms with Crippen molar-refractivity contribution in [3.8, 4) is 5.75 Å². The van der Waals surface area contributed by atoms with Gasteiger partial charge in [0.25, 0.3) is 5.91 Å². The van der Waals surface area contributed by atoms with E-state index in [-0.39, 0.29) is 12.5 Å². The maximum absolute atomic E-state index is 12.3. The summed E-state index contributed by atoms with van der Waals surface area (Å²) in [5.41, 5.74) is 2.49. The van der Waals surface area contributed by atoms with Crippen molar-refractivity contribution < 1.29 is 19.1 Å². The maximum Gasteiger partial charge on any atom is 0.338 e. The van der Waals surface area contributed by atoms with E-state index in [1.54, 1.807) is 31.2 Å². The molecule has 5 heteroatoms. The van der Waals surface area contributed by atoms with Crippen molar-refractivity contribution in [2.24, 2.45) is 0 Å². The fourth-order valence-corrected chi connectivity index (χ4v) is 2.87. The van der Waals surface area contributed by atoms with E-state index in [1.165, 1.54) is 0 Å². The van der Waals surface area contributed by atoms with E-state index >= 15 is 0 Å². The zero-order chi connectivity index (χ0) is 20.1. The molecule has 0 radical (unpaired) electrons. The first kappa shape index (κ1) is 19.4. The Morgan fingerprint density at radius 3 is 2.32 bits per heavy atom. The number of hydrogen-bond donors (Lipinski definition) is 0. The molecule has 0 saturated heterocycles. The molecular weight excluding hydrogens is 354 g/mol. The van der Waals surface area contributed by atoms with Crippen LogP contribution >= 0.6 is 0 Å². The Labute approximate surface area is 164 Å². The molecule has 144 valence electrons. The number of rotatable bonds is 6. The molecule has 3 aromatic carbocycles. The Hall–Kier alpha value is -3.34. The third-order valence-corrected chi connectivity index (χ3v) is 4.57. The monoisotopic (exact) mass is 377 g/mol. The number of nitrogens with zero attached hydrogens (tertiary/aromatic N) is 1. The number of benzene rings is 3. The molecule has 0 bridgehead atoms. The molecule has 0 aromatic heterocycles. The molecule has 0 unspecified atom stereocenters. The van der Waals surface area contributed by atoms with Crippen LogP contribution in [0.5, 0.6) is 5.75 Å². The number of likely N-dealkylation sites (N-methyl/N-ethyl adjacent to an activating group) is 1. The fourth-order valence-electron chi connectivity index (χ4n) is 2.87. The van der Waals surface area contributed by atoms with Crippen molar-refractivity contribution in [1.82, 2.24) is 4.90 Å². The van der Waals surface area contributed by atoms with Crippen LogP contribution in [0.25, 0.3) is 10.8 Å². The number of aryl methyl sites for hydroxylation is 1. The van der Waals surface area contributed by atoms with Crippen molar-refractivity contribution in [1.29, 1.82) is 0 Å². The Kier molecular flexibility index (Phi) is 5.94. The lowest BCUT2D eigenvalue weighted by molar-refractivity contribution is -0.133. The maximum atomic E-state index is 12.3. The lowest BCUT2D eigenvalue weighted by Crippen LogP contribution is -2.30. The summed E-state index contributed by atoms with van der Waals surface area (Å²) in [4.78, 5) is 25.9. The van der Waals surface area contributed by atoms with Crippen LogP contribution in [0.15, 0.2) is 60.7 Å². The molecule has 1 amide bonds. The van der Waals surface area contributed by atoms with E-state index < -0.39 is 5.97 Å². The van der Waals surface area contributed by atoms with Crippen LogP contribution in [-0.2, 0) is 16.1 Å². The van der Waals surface area contributed by atoms with Gasteiger partial charge in [0.05, 0.1) is 12.7 Å². The van der Waals surface area contributed by atoms with Crippen molar-refractivity contribution in [2.45, 2.75) is 13.5 Å². The number of ether oxygens (including phenoxy) is 2. The van der Waals surface area contributed by atoms with Gasteiger partial charge in [0.1, 0.15) is 5.75 Å². The van der Waals surface area contributed by atoms with Crippen LogP contribution in [0.4, 0.5) is 0 Å². The van der Waals surface area contributed by atoms with Gasteiger partial charge in [-0.3, -0.25) is 4.79 Å². The van der Waals surface area contributed by atoms with Gasteiger partial charge in [-0.05, 0) is 53.6 Å². The summed E-state index contributed by atoms with van der Waals surface area (Å²) in [5, 5.41) is 2.15. The van der Waals surface area contributed by atoms with Crippen LogP contribution in [0, 0.1) is 6.92 Å².